The summed E-state index contributed by atoms with van der Waals surface area (Å²) >= 11 is 0. The Labute approximate surface area is 88.2 Å². The molecule has 0 saturated carbocycles. The van der Waals surface area contributed by atoms with Gasteiger partial charge in [-0.25, -0.2) is 0 Å². The molecule has 0 spiro atoms. The molecule has 0 amide bonds. The van der Waals surface area contributed by atoms with Gasteiger partial charge in [0.05, 0.1) is 0 Å². The van der Waals surface area contributed by atoms with Gasteiger partial charge in [0, 0.05) is 15.1 Å². The van der Waals surface area contributed by atoms with Gasteiger partial charge >= 0.3 is 23.1 Å². The molecule has 58 valence electrons. The zero-order chi connectivity index (χ0) is 6.57. The van der Waals surface area contributed by atoms with Gasteiger partial charge in [-0.2, -0.15) is 0 Å². The zero-order valence-electron chi connectivity index (χ0n) is 7.06. The second-order valence-electron chi connectivity index (χ2n) is 2.22. The first-order chi connectivity index (χ1) is 3.66. The van der Waals surface area contributed by atoms with Crippen molar-refractivity contribution in [1.29, 1.82) is 0 Å². The Morgan fingerprint density at radius 2 is 1.90 bits per heavy atom. The van der Waals surface area contributed by atoms with Crippen LogP contribution >= 0.6 is 0 Å². The topological polar surface area (TPSA) is 9.23 Å². The van der Waals surface area contributed by atoms with Gasteiger partial charge in [0.1, 0.15) is 0 Å². The van der Waals surface area contributed by atoms with E-state index in [-0.39, 0.29) is 35.5 Å². The Hall–Kier alpha value is 1.23. The zero-order valence-corrected chi connectivity index (χ0v) is 10.4. The van der Waals surface area contributed by atoms with Crippen LogP contribution in [0.15, 0.2) is 0 Å². The second kappa shape index (κ2) is 10.2. The minimum atomic E-state index is -0.989. The standard InChI is InChI=1S/C6H15OSi.ClH.Mg/c1-5-8(4)7-6(2)3;;/h6,8H,4-5H2,1-3H3;1H;/q-1;;+2/p-1. The van der Waals surface area contributed by atoms with Crippen molar-refractivity contribution in [3.63, 3.8) is 0 Å². The molecule has 0 rings (SSSR count). The van der Waals surface area contributed by atoms with Gasteiger partial charge in [0.2, 0.25) is 0 Å². The maximum Gasteiger partial charge on any atom is 2.00 e. The van der Waals surface area contributed by atoms with Crippen molar-refractivity contribution in [1.82, 2.24) is 0 Å². The summed E-state index contributed by atoms with van der Waals surface area (Å²) in [6.07, 6.45) is 0.379. The largest absolute Gasteiger partial charge is 2.00 e. The third-order valence-electron chi connectivity index (χ3n) is 0.920. The van der Waals surface area contributed by atoms with Crippen LogP contribution in [0.3, 0.4) is 0 Å². The fourth-order valence-corrected chi connectivity index (χ4v) is 1.44. The molecule has 1 unspecified atom stereocenters. The van der Waals surface area contributed by atoms with E-state index in [4.69, 9.17) is 4.43 Å². The molecule has 0 aromatic heterocycles. The average Bonchev–Trinajstić information content (AvgIpc) is 1.65. The maximum atomic E-state index is 5.43. The molecule has 0 fully saturated rings. The summed E-state index contributed by atoms with van der Waals surface area (Å²) in [5.41, 5.74) is 0. The van der Waals surface area contributed by atoms with E-state index in [0.29, 0.717) is 6.10 Å². The van der Waals surface area contributed by atoms with Crippen molar-refractivity contribution >= 4 is 32.1 Å². The van der Waals surface area contributed by atoms with Gasteiger partial charge in [-0.15, -0.1) is 0 Å². The van der Waals surface area contributed by atoms with Crippen LogP contribution in [-0.4, -0.2) is 38.2 Å². The predicted octanol–water partition coefficient (Wildman–Crippen LogP) is -1.85. The molecule has 0 heterocycles. The SMILES string of the molecule is [CH2-][SiH](CC)OC(C)C.[Cl-].[Mg+2]. The molecule has 0 N–H and O–H groups in total. The van der Waals surface area contributed by atoms with Crippen molar-refractivity contribution in [2.45, 2.75) is 32.9 Å². The summed E-state index contributed by atoms with van der Waals surface area (Å²) < 4.78 is 5.43. The molecule has 0 saturated heterocycles. The molecule has 0 bridgehead atoms. The summed E-state index contributed by atoms with van der Waals surface area (Å²) in [5.74, 6) is 0. The summed E-state index contributed by atoms with van der Waals surface area (Å²) in [7, 11) is -0.989. The Morgan fingerprint density at radius 1 is 1.50 bits per heavy atom. The number of hydrogen-bond donors (Lipinski definition) is 0. The van der Waals surface area contributed by atoms with Gasteiger partial charge in [-0.1, -0.05) is 13.0 Å². The minimum Gasteiger partial charge on any atom is -1.00 e. The predicted molar refractivity (Wildman–Crippen MR) is 45.0 cm³/mol. The van der Waals surface area contributed by atoms with Gasteiger partial charge in [0.15, 0.2) is 0 Å². The van der Waals surface area contributed by atoms with Crippen molar-refractivity contribution in [2.24, 2.45) is 0 Å². The van der Waals surface area contributed by atoms with Gasteiger partial charge in [0.25, 0.3) is 0 Å². The molecule has 1 atom stereocenters. The Bertz CT molecular complexity index is 63.7. The molecule has 0 radical (unpaired) electrons. The maximum absolute atomic E-state index is 5.43. The van der Waals surface area contributed by atoms with E-state index in [1.807, 2.05) is 0 Å². The first-order valence-electron chi connectivity index (χ1n) is 3.15. The van der Waals surface area contributed by atoms with Crippen LogP contribution < -0.4 is 12.4 Å². The normalized spacial score (nSPS) is 11.7. The van der Waals surface area contributed by atoms with Crippen LogP contribution in [0.2, 0.25) is 6.04 Å². The van der Waals surface area contributed by atoms with E-state index < -0.39 is 9.04 Å². The Kier molecular flexibility index (Phi) is 17.8. The van der Waals surface area contributed by atoms with Crippen LogP contribution in [0.1, 0.15) is 20.8 Å². The van der Waals surface area contributed by atoms with Crippen molar-refractivity contribution in [2.75, 3.05) is 0 Å². The summed E-state index contributed by atoms with van der Waals surface area (Å²) in [6.45, 7) is 10.2. The third kappa shape index (κ3) is 12.0. The molecule has 0 aliphatic rings. The van der Waals surface area contributed by atoms with Crippen LogP contribution in [0, 0.1) is 6.55 Å². The number of rotatable bonds is 3. The molecule has 0 aliphatic carbocycles. The van der Waals surface area contributed by atoms with E-state index in [2.05, 4.69) is 27.3 Å². The Morgan fingerprint density at radius 3 is 2.00 bits per heavy atom. The van der Waals surface area contributed by atoms with Gasteiger partial charge in [-0.3, -0.25) is 0 Å². The van der Waals surface area contributed by atoms with E-state index in [1.54, 1.807) is 0 Å². The summed E-state index contributed by atoms with van der Waals surface area (Å²) in [6, 6.07) is 1.14. The quantitative estimate of drug-likeness (QED) is 0.376. The first kappa shape index (κ1) is 17.4. The molecule has 10 heavy (non-hydrogen) atoms. The molecule has 4 heteroatoms. The van der Waals surface area contributed by atoms with E-state index in [9.17, 15) is 0 Å². The van der Waals surface area contributed by atoms with Crippen LogP contribution in [0.4, 0.5) is 0 Å². The Balaban J connectivity index is -0.000000245. The van der Waals surface area contributed by atoms with Crippen LogP contribution in [-0.2, 0) is 4.43 Å². The molecular formula is C6H15ClMgOSi. The van der Waals surface area contributed by atoms with Gasteiger partial charge < -0.3 is 23.4 Å². The fourth-order valence-electron chi connectivity index (χ4n) is 0.481. The van der Waals surface area contributed by atoms with Crippen LogP contribution in [0.25, 0.3) is 0 Å². The summed E-state index contributed by atoms with van der Waals surface area (Å²) in [5, 5.41) is 0. The van der Waals surface area contributed by atoms with E-state index in [1.165, 1.54) is 0 Å². The van der Waals surface area contributed by atoms with Gasteiger partial charge in [-0.05, 0) is 13.8 Å². The van der Waals surface area contributed by atoms with Crippen molar-refractivity contribution in [3.8, 4) is 0 Å². The molecule has 0 aliphatic heterocycles. The number of hydrogen-bond acceptors (Lipinski definition) is 1. The van der Waals surface area contributed by atoms with E-state index >= 15 is 0 Å². The average molecular weight is 191 g/mol. The number of halogens is 1. The second-order valence-corrected chi connectivity index (χ2v) is 4.55. The van der Waals surface area contributed by atoms with E-state index in [0.717, 1.165) is 6.04 Å². The molecule has 0 aromatic rings. The smallest absolute Gasteiger partial charge is 1.00 e. The van der Waals surface area contributed by atoms with Crippen LogP contribution in [0.5, 0.6) is 0 Å². The van der Waals surface area contributed by atoms with Crippen molar-refractivity contribution < 1.29 is 16.8 Å². The fraction of sp³-hybridized carbons (Fsp3) is 0.833. The molecular weight excluding hydrogens is 176 g/mol. The molecule has 1 nitrogen and oxygen atoms in total. The molecule has 0 aromatic carbocycles. The minimum absolute atomic E-state index is 0. The first-order valence-corrected chi connectivity index (χ1v) is 5.25. The monoisotopic (exact) mass is 190 g/mol. The third-order valence-corrected chi connectivity index (χ3v) is 2.76. The van der Waals surface area contributed by atoms with Crippen molar-refractivity contribution in [3.05, 3.63) is 6.55 Å². The summed E-state index contributed by atoms with van der Waals surface area (Å²) in [4.78, 5) is 0.